The molecule has 0 radical (unpaired) electrons. The summed E-state index contributed by atoms with van der Waals surface area (Å²) < 4.78 is 14.7. The largest absolute Gasteiger partial charge is 0.207 e. The first-order valence-electron chi connectivity index (χ1n) is 11.0. The van der Waals surface area contributed by atoms with Gasteiger partial charge in [-0.3, -0.25) is 0 Å². The molecule has 0 unspecified atom stereocenters. The van der Waals surface area contributed by atoms with Crippen LogP contribution in [0.2, 0.25) is 0 Å². The van der Waals surface area contributed by atoms with E-state index < -0.39 is 0 Å². The summed E-state index contributed by atoms with van der Waals surface area (Å²) in [6, 6.07) is 6.16. The van der Waals surface area contributed by atoms with Crippen molar-refractivity contribution < 1.29 is 4.39 Å². The molecule has 1 aromatic rings. The molecule has 0 heterocycles. The second-order valence-corrected chi connectivity index (χ2v) is 8.82. The lowest BCUT2D eigenvalue weighted by molar-refractivity contribution is 0.258. The topological polar surface area (TPSA) is 0 Å². The maximum absolute atomic E-state index is 14.7. The Labute approximate surface area is 154 Å². The molecule has 2 saturated carbocycles. The van der Waals surface area contributed by atoms with Crippen LogP contribution in [0.25, 0.3) is 0 Å². The fraction of sp³-hybridized carbons (Fsp3) is 0.750. The molecular formula is C24H37F. The molecule has 1 aromatic carbocycles. The predicted octanol–water partition coefficient (Wildman–Crippen LogP) is 7.66. The zero-order valence-corrected chi connectivity index (χ0v) is 16.4. The third-order valence-corrected chi connectivity index (χ3v) is 7.31. The van der Waals surface area contributed by atoms with E-state index in [1.807, 2.05) is 6.07 Å². The summed E-state index contributed by atoms with van der Waals surface area (Å²) in [4.78, 5) is 0. The normalized spacial score (nSPS) is 30.4. The smallest absolute Gasteiger partial charge is 0.126 e. The Morgan fingerprint density at radius 3 is 1.92 bits per heavy atom. The number of aryl methyl sites for hydroxylation is 1. The first-order valence-corrected chi connectivity index (χ1v) is 11.0. The lowest BCUT2D eigenvalue weighted by Gasteiger charge is -2.29. The van der Waals surface area contributed by atoms with Crippen molar-refractivity contribution >= 4 is 0 Å². The van der Waals surface area contributed by atoms with Gasteiger partial charge in [0.2, 0.25) is 0 Å². The van der Waals surface area contributed by atoms with Crippen LogP contribution in [0.15, 0.2) is 18.2 Å². The predicted molar refractivity (Wildman–Crippen MR) is 105 cm³/mol. The Morgan fingerprint density at radius 1 is 0.800 bits per heavy atom. The molecule has 0 saturated heterocycles. The zero-order chi connectivity index (χ0) is 17.6. The Morgan fingerprint density at radius 2 is 1.36 bits per heavy atom. The summed E-state index contributed by atoms with van der Waals surface area (Å²) in [6.45, 7) is 4.61. The summed E-state index contributed by atoms with van der Waals surface area (Å²) in [5.74, 6) is 3.24. The van der Waals surface area contributed by atoms with Gasteiger partial charge in [-0.25, -0.2) is 4.39 Å². The second-order valence-electron chi connectivity index (χ2n) is 8.82. The van der Waals surface area contributed by atoms with Crippen LogP contribution < -0.4 is 0 Å². The fourth-order valence-corrected chi connectivity index (χ4v) is 5.24. The highest BCUT2D eigenvalue weighted by atomic mass is 19.1. The van der Waals surface area contributed by atoms with Crippen molar-refractivity contribution in [3.63, 3.8) is 0 Å². The summed E-state index contributed by atoms with van der Waals surface area (Å²) in [6.07, 6.45) is 15.5. The maximum atomic E-state index is 14.7. The highest BCUT2D eigenvalue weighted by Gasteiger charge is 2.24. The van der Waals surface area contributed by atoms with Crippen molar-refractivity contribution in [2.45, 2.75) is 96.8 Å². The Bertz CT molecular complexity index is 519. The Hall–Kier alpha value is -0.850. The molecule has 0 N–H and O–H groups in total. The highest BCUT2D eigenvalue weighted by Crippen LogP contribution is 2.38. The molecule has 2 fully saturated rings. The second kappa shape index (κ2) is 9.19. The van der Waals surface area contributed by atoms with Gasteiger partial charge in [-0.2, -0.15) is 0 Å². The average molecular weight is 345 g/mol. The number of halogens is 1. The number of rotatable bonds is 6. The van der Waals surface area contributed by atoms with Crippen LogP contribution in [0.1, 0.15) is 102 Å². The standard InChI is InChI=1S/C24H37F/c1-3-18-5-7-20(8-6-18)9-10-21-13-16-23(24(25)17-21)22-14-11-19(4-2)12-15-22/h13,16-20,22H,3-12,14-15H2,1-2H3. The number of hydrogen-bond acceptors (Lipinski definition) is 0. The van der Waals surface area contributed by atoms with Gasteiger partial charge < -0.3 is 0 Å². The third-order valence-electron chi connectivity index (χ3n) is 7.31. The molecular weight excluding hydrogens is 307 g/mol. The van der Waals surface area contributed by atoms with Crippen LogP contribution in [0.4, 0.5) is 4.39 Å². The van der Waals surface area contributed by atoms with Gasteiger partial charge in [-0.1, -0.05) is 64.5 Å². The van der Waals surface area contributed by atoms with E-state index in [1.165, 1.54) is 76.2 Å². The molecule has 0 amide bonds. The van der Waals surface area contributed by atoms with Crippen LogP contribution >= 0.6 is 0 Å². The van der Waals surface area contributed by atoms with Gasteiger partial charge in [0, 0.05) is 0 Å². The molecule has 0 aliphatic heterocycles. The van der Waals surface area contributed by atoms with Crippen LogP contribution in [-0.4, -0.2) is 0 Å². The van der Waals surface area contributed by atoms with Crippen molar-refractivity contribution in [3.05, 3.63) is 35.1 Å². The molecule has 2 aliphatic rings. The van der Waals surface area contributed by atoms with E-state index in [4.69, 9.17) is 0 Å². The SMILES string of the molecule is CCC1CCC(CCc2ccc(C3CCC(CC)CC3)c(F)c2)CC1. The van der Waals surface area contributed by atoms with E-state index in [2.05, 4.69) is 26.0 Å². The van der Waals surface area contributed by atoms with E-state index in [9.17, 15) is 4.39 Å². The van der Waals surface area contributed by atoms with Crippen molar-refractivity contribution in [2.75, 3.05) is 0 Å². The minimum atomic E-state index is 0.0622. The van der Waals surface area contributed by atoms with Crippen LogP contribution in [-0.2, 0) is 6.42 Å². The van der Waals surface area contributed by atoms with E-state index in [0.29, 0.717) is 5.92 Å². The Kier molecular flexibility index (Phi) is 6.96. The van der Waals surface area contributed by atoms with Crippen molar-refractivity contribution in [2.24, 2.45) is 17.8 Å². The molecule has 0 aromatic heterocycles. The molecule has 140 valence electrons. The molecule has 1 heteroatoms. The molecule has 2 aliphatic carbocycles. The fourth-order valence-electron chi connectivity index (χ4n) is 5.24. The lowest BCUT2D eigenvalue weighted by atomic mass is 9.77. The van der Waals surface area contributed by atoms with Crippen LogP contribution in [0.3, 0.4) is 0 Å². The van der Waals surface area contributed by atoms with Gasteiger partial charge in [0.15, 0.2) is 0 Å². The van der Waals surface area contributed by atoms with Crippen molar-refractivity contribution in [1.82, 2.24) is 0 Å². The first-order chi connectivity index (χ1) is 12.2. The van der Waals surface area contributed by atoms with E-state index in [1.54, 1.807) is 0 Å². The van der Waals surface area contributed by atoms with Crippen LogP contribution in [0.5, 0.6) is 0 Å². The molecule has 0 nitrogen and oxygen atoms in total. The minimum Gasteiger partial charge on any atom is -0.207 e. The van der Waals surface area contributed by atoms with Gasteiger partial charge in [0.1, 0.15) is 5.82 Å². The third kappa shape index (κ3) is 5.08. The van der Waals surface area contributed by atoms with Crippen LogP contribution in [0, 0.1) is 23.6 Å². The summed E-state index contributed by atoms with van der Waals surface area (Å²) >= 11 is 0. The lowest BCUT2D eigenvalue weighted by Crippen LogP contribution is -2.15. The highest BCUT2D eigenvalue weighted by molar-refractivity contribution is 5.28. The molecule has 0 atom stereocenters. The molecule has 3 rings (SSSR count). The number of benzene rings is 1. The maximum Gasteiger partial charge on any atom is 0.126 e. The average Bonchev–Trinajstić information content (AvgIpc) is 2.67. The first kappa shape index (κ1) is 18.9. The number of hydrogen-bond donors (Lipinski definition) is 0. The summed E-state index contributed by atoms with van der Waals surface area (Å²) in [7, 11) is 0. The van der Waals surface area contributed by atoms with Gasteiger partial charge >= 0.3 is 0 Å². The van der Waals surface area contributed by atoms with Crippen molar-refractivity contribution in [3.8, 4) is 0 Å². The van der Waals surface area contributed by atoms with E-state index in [-0.39, 0.29) is 5.82 Å². The van der Waals surface area contributed by atoms with Gasteiger partial charge in [0.25, 0.3) is 0 Å². The van der Waals surface area contributed by atoms with E-state index in [0.717, 1.165) is 29.7 Å². The zero-order valence-electron chi connectivity index (χ0n) is 16.4. The van der Waals surface area contributed by atoms with Gasteiger partial charge in [-0.15, -0.1) is 0 Å². The van der Waals surface area contributed by atoms with Gasteiger partial charge in [0.05, 0.1) is 0 Å². The summed E-state index contributed by atoms with van der Waals surface area (Å²) in [5, 5.41) is 0. The van der Waals surface area contributed by atoms with Crippen molar-refractivity contribution in [1.29, 1.82) is 0 Å². The van der Waals surface area contributed by atoms with Gasteiger partial charge in [-0.05, 0) is 79.4 Å². The minimum absolute atomic E-state index is 0.0622. The van der Waals surface area contributed by atoms with E-state index >= 15 is 0 Å². The summed E-state index contributed by atoms with van der Waals surface area (Å²) in [5.41, 5.74) is 2.20. The molecule has 0 bridgehead atoms. The monoisotopic (exact) mass is 344 g/mol. The Balaban J connectivity index is 1.50. The molecule has 25 heavy (non-hydrogen) atoms. The molecule has 0 spiro atoms. The quantitative estimate of drug-likeness (QED) is 0.497.